The van der Waals surface area contributed by atoms with Gasteiger partial charge in [0.25, 0.3) is 0 Å². The van der Waals surface area contributed by atoms with Crippen LogP contribution in [0.2, 0.25) is 5.02 Å². The Morgan fingerprint density at radius 3 is 2.54 bits per heavy atom. The second-order valence-electron chi connectivity index (χ2n) is 5.22. The number of aromatic nitrogens is 2. The van der Waals surface area contributed by atoms with Gasteiger partial charge in [-0.2, -0.15) is 5.26 Å². The highest BCUT2D eigenvalue weighted by Crippen LogP contribution is 2.34. The van der Waals surface area contributed by atoms with E-state index in [9.17, 15) is 5.11 Å². The van der Waals surface area contributed by atoms with Crippen molar-refractivity contribution in [2.75, 3.05) is 5.32 Å². The van der Waals surface area contributed by atoms with Gasteiger partial charge >= 0.3 is 0 Å². The molecule has 0 saturated carbocycles. The first-order valence-corrected chi connectivity index (χ1v) is 7.54. The first-order chi connectivity index (χ1) is 11.6. The Bertz CT molecular complexity index is 933. The highest BCUT2D eigenvalue weighted by molar-refractivity contribution is 6.32. The predicted octanol–water partition coefficient (Wildman–Crippen LogP) is 4.43. The Hall–Kier alpha value is -3.10. The smallest absolute Gasteiger partial charge is 0.185 e. The van der Waals surface area contributed by atoms with Crippen LogP contribution in [0.25, 0.3) is 11.3 Å². The largest absolute Gasteiger partial charge is 0.503 e. The zero-order chi connectivity index (χ0) is 17.1. The molecule has 1 heterocycles. The summed E-state index contributed by atoms with van der Waals surface area (Å²) in [6.07, 6.45) is 1.38. The summed E-state index contributed by atoms with van der Waals surface area (Å²) in [5.41, 5.74) is 3.35. The van der Waals surface area contributed by atoms with Crippen molar-refractivity contribution in [3.8, 4) is 23.1 Å². The Kier molecular flexibility index (Phi) is 4.32. The normalized spacial score (nSPS) is 10.2. The van der Waals surface area contributed by atoms with Crippen LogP contribution in [0.3, 0.4) is 0 Å². The van der Waals surface area contributed by atoms with Crippen LogP contribution in [0, 0.1) is 18.3 Å². The monoisotopic (exact) mass is 336 g/mol. The van der Waals surface area contributed by atoms with Gasteiger partial charge in [0.05, 0.1) is 10.6 Å². The molecule has 3 aromatic rings. The van der Waals surface area contributed by atoms with E-state index in [2.05, 4.69) is 15.3 Å². The molecule has 0 saturated heterocycles. The molecule has 0 atom stereocenters. The van der Waals surface area contributed by atoms with E-state index in [1.807, 2.05) is 37.3 Å². The van der Waals surface area contributed by atoms with Crippen LogP contribution in [0.5, 0.6) is 5.75 Å². The van der Waals surface area contributed by atoms with Gasteiger partial charge < -0.3 is 10.4 Å². The number of halogens is 1. The minimum absolute atomic E-state index is 0.0539. The SMILES string of the molecule is Cc1ccc(-c2ncnc(Nc3ccc(C#N)c(Cl)c3)c2O)cc1. The maximum atomic E-state index is 10.5. The second kappa shape index (κ2) is 6.57. The number of benzene rings is 2. The summed E-state index contributed by atoms with van der Waals surface area (Å²) in [7, 11) is 0. The summed E-state index contributed by atoms with van der Waals surface area (Å²) in [5.74, 6) is 0.211. The molecule has 0 aliphatic rings. The van der Waals surface area contributed by atoms with Gasteiger partial charge in [0.1, 0.15) is 18.1 Å². The van der Waals surface area contributed by atoms with Crippen molar-refractivity contribution >= 4 is 23.1 Å². The summed E-state index contributed by atoms with van der Waals surface area (Å²) in [6.45, 7) is 1.99. The molecule has 5 nitrogen and oxygen atoms in total. The Labute approximate surface area is 144 Å². The van der Waals surface area contributed by atoms with E-state index in [0.717, 1.165) is 11.1 Å². The lowest BCUT2D eigenvalue weighted by molar-refractivity contribution is 0.475. The molecular weight excluding hydrogens is 324 g/mol. The number of nitrogens with one attached hydrogen (secondary N) is 1. The zero-order valence-electron chi connectivity index (χ0n) is 12.8. The first kappa shape index (κ1) is 15.8. The molecule has 24 heavy (non-hydrogen) atoms. The minimum Gasteiger partial charge on any atom is -0.503 e. The standard InChI is InChI=1S/C18H13ClN4O/c1-11-2-4-12(5-3-11)16-17(24)18(22-10-21-16)23-14-7-6-13(9-20)15(19)8-14/h2-8,10,24H,1H3,(H,21,22,23). The molecule has 0 spiro atoms. The molecule has 2 aromatic carbocycles. The molecule has 2 N–H and O–H groups in total. The molecule has 6 heteroatoms. The number of nitrogens with zero attached hydrogens (tertiary/aromatic N) is 3. The van der Waals surface area contributed by atoms with E-state index in [0.29, 0.717) is 22.0 Å². The Morgan fingerprint density at radius 1 is 1.12 bits per heavy atom. The van der Waals surface area contributed by atoms with Crippen molar-refractivity contribution in [1.29, 1.82) is 5.26 Å². The summed E-state index contributed by atoms with van der Waals surface area (Å²) in [6, 6.07) is 14.6. The van der Waals surface area contributed by atoms with Crippen LogP contribution in [-0.2, 0) is 0 Å². The van der Waals surface area contributed by atoms with Gasteiger partial charge in [0, 0.05) is 11.3 Å². The van der Waals surface area contributed by atoms with Crippen molar-refractivity contribution in [1.82, 2.24) is 9.97 Å². The molecule has 118 valence electrons. The van der Waals surface area contributed by atoms with Gasteiger partial charge in [-0.25, -0.2) is 9.97 Å². The average molecular weight is 337 g/mol. The van der Waals surface area contributed by atoms with E-state index < -0.39 is 0 Å². The lowest BCUT2D eigenvalue weighted by Gasteiger charge is -2.11. The number of nitriles is 1. The number of hydrogen-bond acceptors (Lipinski definition) is 5. The number of aryl methyl sites for hydroxylation is 1. The van der Waals surface area contributed by atoms with Gasteiger partial charge in [-0.3, -0.25) is 0 Å². The van der Waals surface area contributed by atoms with Crippen LogP contribution in [0.4, 0.5) is 11.5 Å². The lowest BCUT2D eigenvalue weighted by Crippen LogP contribution is -1.97. The molecule has 0 amide bonds. The van der Waals surface area contributed by atoms with E-state index in [1.165, 1.54) is 6.33 Å². The lowest BCUT2D eigenvalue weighted by atomic mass is 10.1. The van der Waals surface area contributed by atoms with Crippen LogP contribution in [0.15, 0.2) is 48.8 Å². The highest BCUT2D eigenvalue weighted by Gasteiger charge is 2.12. The fourth-order valence-corrected chi connectivity index (χ4v) is 2.44. The van der Waals surface area contributed by atoms with Gasteiger partial charge in [-0.1, -0.05) is 41.4 Å². The third-order valence-electron chi connectivity index (χ3n) is 3.50. The number of aromatic hydroxyl groups is 1. The van der Waals surface area contributed by atoms with Crippen molar-refractivity contribution < 1.29 is 5.11 Å². The van der Waals surface area contributed by atoms with Crippen LogP contribution >= 0.6 is 11.6 Å². The van der Waals surface area contributed by atoms with Crippen molar-refractivity contribution in [3.05, 3.63) is 64.9 Å². The molecular formula is C18H13ClN4O. The van der Waals surface area contributed by atoms with Gasteiger partial charge in [0.15, 0.2) is 11.6 Å². The van der Waals surface area contributed by atoms with Crippen LogP contribution < -0.4 is 5.32 Å². The molecule has 0 aliphatic heterocycles. The maximum absolute atomic E-state index is 10.5. The highest BCUT2D eigenvalue weighted by atomic mass is 35.5. The molecule has 0 unspecified atom stereocenters. The second-order valence-corrected chi connectivity index (χ2v) is 5.62. The number of hydrogen-bond donors (Lipinski definition) is 2. The third-order valence-corrected chi connectivity index (χ3v) is 3.81. The molecule has 3 rings (SSSR count). The predicted molar refractivity (Wildman–Crippen MR) is 93.3 cm³/mol. The van der Waals surface area contributed by atoms with E-state index in [-0.39, 0.29) is 11.6 Å². The quantitative estimate of drug-likeness (QED) is 0.739. The van der Waals surface area contributed by atoms with Crippen molar-refractivity contribution in [3.63, 3.8) is 0 Å². The summed E-state index contributed by atoms with van der Waals surface area (Å²) in [5, 5.41) is 22.7. The van der Waals surface area contributed by atoms with Gasteiger partial charge in [0.2, 0.25) is 0 Å². The summed E-state index contributed by atoms with van der Waals surface area (Å²) in [4.78, 5) is 8.22. The molecule has 0 radical (unpaired) electrons. The van der Waals surface area contributed by atoms with E-state index in [1.54, 1.807) is 18.2 Å². The molecule has 0 fully saturated rings. The molecule has 0 bridgehead atoms. The van der Waals surface area contributed by atoms with Crippen LogP contribution in [-0.4, -0.2) is 15.1 Å². The number of anilines is 2. The third kappa shape index (κ3) is 3.14. The number of rotatable bonds is 3. The fourth-order valence-electron chi connectivity index (χ4n) is 2.21. The Balaban J connectivity index is 1.95. The van der Waals surface area contributed by atoms with E-state index in [4.69, 9.17) is 16.9 Å². The van der Waals surface area contributed by atoms with E-state index >= 15 is 0 Å². The van der Waals surface area contributed by atoms with Gasteiger partial charge in [-0.15, -0.1) is 0 Å². The topological polar surface area (TPSA) is 81.8 Å². The van der Waals surface area contributed by atoms with Crippen LogP contribution in [0.1, 0.15) is 11.1 Å². The van der Waals surface area contributed by atoms with Gasteiger partial charge in [-0.05, 0) is 25.1 Å². The summed E-state index contributed by atoms with van der Waals surface area (Å²) < 4.78 is 0. The minimum atomic E-state index is -0.0539. The average Bonchev–Trinajstić information content (AvgIpc) is 2.58. The molecule has 0 aliphatic carbocycles. The first-order valence-electron chi connectivity index (χ1n) is 7.16. The maximum Gasteiger partial charge on any atom is 0.185 e. The van der Waals surface area contributed by atoms with Crippen molar-refractivity contribution in [2.45, 2.75) is 6.92 Å². The zero-order valence-corrected chi connectivity index (χ0v) is 13.5. The summed E-state index contributed by atoms with van der Waals surface area (Å²) >= 11 is 6.02. The molecule has 1 aromatic heterocycles. The Morgan fingerprint density at radius 2 is 1.88 bits per heavy atom. The fraction of sp³-hybridized carbons (Fsp3) is 0.0556. The van der Waals surface area contributed by atoms with Crippen molar-refractivity contribution in [2.24, 2.45) is 0 Å².